The lowest BCUT2D eigenvalue weighted by Crippen LogP contribution is -2.21. The van der Waals surface area contributed by atoms with Crippen molar-refractivity contribution >= 4 is 11.7 Å². The molecule has 0 aliphatic rings. The second kappa shape index (κ2) is 7.04. The number of Topliss-reactive ketones (excluding diaryl/α,β-unsaturated/α-hetero) is 1. The number of hydrogen-bond acceptors (Lipinski definition) is 3. The second-order valence-electron chi connectivity index (χ2n) is 4.78. The van der Waals surface area contributed by atoms with Crippen LogP contribution in [-0.4, -0.2) is 18.8 Å². The van der Waals surface area contributed by atoms with Crippen molar-refractivity contribution in [2.24, 2.45) is 0 Å². The number of nitrogens with one attached hydrogen (secondary N) is 1. The fraction of sp³-hybridized carbons (Fsp3) is 0.467. The van der Waals surface area contributed by atoms with Crippen molar-refractivity contribution in [2.75, 3.05) is 7.11 Å². The highest BCUT2D eigenvalue weighted by Gasteiger charge is 2.13. The van der Waals surface area contributed by atoms with Crippen molar-refractivity contribution in [3.63, 3.8) is 0 Å². The number of ketones is 1. The van der Waals surface area contributed by atoms with Gasteiger partial charge < -0.3 is 0 Å². The van der Waals surface area contributed by atoms with Gasteiger partial charge in [0.1, 0.15) is 0 Å². The minimum absolute atomic E-state index is 0.0974. The van der Waals surface area contributed by atoms with Crippen LogP contribution in [-0.2, 0) is 9.63 Å². The molecule has 0 saturated carbocycles. The lowest BCUT2D eigenvalue weighted by molar-refractivity contribution is -0.131. The zero-order valence-electron chi connectivity index (χ0n) is 12.0. The molecule has 104 valence electrons. The van der Waals surface area contributed by atoms with Crippen molar-refractivity contribution in [3.05, 3.63) is 34.4 Å². The molecule has 1 aromatic rings. The fourth-order valence-corrected chi connectivity index (χ4v) is 2.32. The number of carbonyl (C=O) groups excluding carboxylic acids is 2. The van der Waals surface area contributed by atoms with Gasteiger partial charge >= 0.3 is 0 Å². The molecule has 0 heterocycles. The van der Waals surface area contributed by atoms with Crippen LogP contribution in [0, 0.1) is 20.8 Å². The molecule has 0 saturated heterocycles. The van der Waals surface area contributed by atoms with Gasteiger partial charge in [-0.1, -0.05) is 17.7 Å². The van der Waals surface area contributed by atoms with E-state index in [4.69, 9.17) is 0 Å². The van der Waals surface area contributed by atoms with E-state index in [1.165, 1.54) is 7.11 Å². The summed E-state index contributed by atoms with van der Waals surface area (Å²) in [5, 5.41) is 0. The number of hydroxylamine groups is 1. The summed E-state index contributed by atoms with van der Waals surface area (Å²) < 4.78 is 0. The molecule has 0 fully saturated rings. The van der Waals surface area contributed by atoms with Crippen LogP contribution in [0.25, 0.3) is 0 Å². The maximum absolute atomic E-state index is 12.2. The Morgan fingerprint density at radius 3 is 2.21 bits per heavy atom. The van der Waals surface area contributed by atoms with Crippen LogP contribution in [0.3, 0.4) is 0 Å². The smallest absolute Gasteiger partial charge is 0.243 e. The predicted octanol–water partition coefficient (Wildman–Crippen LogP) is 2.64. The van der Waals surface area contributed by atoms with Crippen LogP contribution in [0.15, 0.2) is 12.1 Å². The Hall–Kier alpha value is -1.68. The van der Waals surface area contributed by atoms with Crippen molar-refractivity contribution < 1.29 is 14.4 Å². The highest BCUT2D eigenvalue weighted by atomic mass is 16.6. The van der Waals surface area contributed by atoms with Gasteiger partial charge in [-0.3, -0.25) is 14.4 Å². The highest BCUT2D eigenvalue weighted by Crippen LogP contribution is 2.19. The van der Waals surface area contributed by atoms with Crippen LogP contribution in [0.5, 0.6) is 0 Å². The van der Waals surface area contributed by atoms with Crippen molar-refractivity contribution in [3.8, 4) is 0 Å². The van der Waals surface area contributed by atoms with Gasteiger partial charge in [-0.05, 0) is 38.3 Å². The number of hydrogen-bond donors (Lipinski definition) is 1. The molecule has 0 bridgehead atoms. The molecule has 0 atom stereocenters. The lowest BCUT2D eigenvalue weighted by Gasteiger charge is -2.10. The largest absolute Gasteiger partial charge is 0.294 e. The molecule has 1 amide bonds. The molecule has 1 rings (SSSR count). The van der Waals surface area contributed by atoms with E-state index in [0.29, 0.717) is 19.3 Å². The Bertz CT molecular complexity index is 457. The first-order chi connectivity index (χ1) is 8.95. The molecule has 0 spiro atoms. The standard InChI is InChI=1S/C15H21NO3/c1-10-8-11(2)15(12(3)9-10)13(17)6-5-7-14(18)16-19-4/h8-9H,5-7H2,1-4H3,(H,16,18). The highest BCUT2D eigenvalue weighted by molar-refractivity contribution is 5.99. The Morgan fingerprint density at radius 2 is 1.68 bits per heavy atom. The number of benzene rings is 1. The first-order valence-electron chi connectivity index (χ1n) is 6.38. The molecule has 0 aliphatic carbocycles. The normalized spacial score (nSPS) is 10.3. The van der Waals surface area contributed by atoms with E-state index < -0.39 is 0 Å². The van der Waals surface area contributed by atoms with Gasteiger partial charge in [0.05, 0.1) is 7.11 Å². The van der Waals surface area contributed by atoms with E-state index in [1.54, 1.807) is 0 Å². The summed E-state index contributed by atoms with van der Waals surface area (Å²) in [6.07, 6.45) is 1.20. The van der Waals surface area contributed by atoms with Crippen LogP contribution >= 0.6 is 0 Å². The molecule has 19 heavy (non-hydrogen) atoms. The molecule has 1 N–H and O–H groups in total. The summed E-state index contributed by atoms with van der Waals surface area (Å²) in [5.41, 5.74) is 6.19. The average Bonchev–Trinajstić information content (AvgIpc) is 2.27. The summed E-state index contributed by atoms with van der Waals surface area (Å²) in [7, 11) is 1.39. The quantitative estimate of drug-likeness (QED) is 0.634. The summed E-state index contributed by atoms with van der Waals surface area (Å²) >= 11 is 0. The van der Waals surface area contributed by atoms with Gasteiger partial charge in [-0.25, -0.2) is 5.48 Å². The van der Waals surface area contributed by atoms with E-state index in [1.807, 2.05) is 32.9 Å². The van der Waals surface area contributed by atoms with Crippen molar-refractivity contribution in [2.45, 2.75) is 40.0 Å². The van der Waals surface area contributed by atoms with Crippen LogP contribution in [0.4, 0.5) is 0 Å². The third kappa shape index (κ3) is 4.48. The van der Waals surface area contributed by atoms with Crippen LogP contribution < -0.4 is 5.48 Å². The van der Waals surface area contributed by atoms with E-state index in [2.05, 4.69) is 10.3 Å². The Balaban J connectivity index is 2.62. The monoisotopic (exact) mass is 263 g/mol. The zero-order valence-corrected chi connectivity index (χ0v) is 12.0. The molecule has 0 aliphatic heterocycles. The Morgan fingerprint density at radius 1 is 1.11 bits per heavy atom. The number of aryl methyl sites for hydroxylation is 3. The van der Waals surface area contributed by atoms with Gasteiger partial charge in [0.2, 0.25) is 5.91 Å². The van der Waals surface area contributed by atoms with E-state index in [-0.39, 0.29) is 11.7 Å². The molecule has 4 nitrogen and oxygen atoms in total. The van der Waals surface area contributed by atoms with Gasteiger partial charge in [0.25, 0.3) is 0 Å². The molecular formula is C15H21NO3. The summed E-state index contributed by atoms with van der Waals surface area (Å²) in [4.78, 5) is 27.9. The Labute approximate surface area is 114 Å². The third-order valence-electron chi connectivity index (χ3n) is 2.98. The van der Waals surface area contributed by atoms with Gasteiger partial charge in [-0.15, -0.1) is 0 Å². The van der Waals surface area contributed by atoms with E-state index in [0.717, 1.165) is 22.3 Å². The summed E-state index contributed by atoms with van der Waals surface area (Å²) in [6, 6.07) is 4.02. The third-order valence-corrected chi connectivity index (χ3v) is 2.98. The molecule has 1 aromatic carbocycles. The van der Waals surface area contributed by atoms with Crippen molar-refractivity contribution in [1.29, 1.82) is 0 Å². The second-order valence-corrected chi connectivity index (χ2v) is 4.78. The fourth-order valence-electron chi connectivity index (χ4n) is 2.32. The van der Waals surface area contributed by atoms with Gasteiger partial charge in [-0.2, -0.15) is 0 Å². The molecule has 0 aromatic heterocycles. The average molecular weight is 263 g/mol. The molecule has 4 heteroatoms. The van der Waals surface area contributed by atoms with E-state index in [9.17, 15) is 9.59 Å². The van der Waals surface area contributed by atoms with Crippen molar-refractivity contribution in [1.82, 2.24) is 5.48 Å². The summed E-state index contributed by atoms with van der Waals surface area (Å²) in [5.74, 6) is -0.104. The zero-order chi connectivity index (χ0) is 14.4. The number of amides is 1. The van der Waals surface area contributed by atoms with Gasteiger partial charge in [0, 0.05) is 18.4 Å². The lowest BCUT2D eigenvalue weighted by atomic mass is 9.94. The SMILES string of the molecule is CONC(=O)CCCC(=O)c1c(C)cc(C)cc1C. The number of carbonyl (C=O) groups is 2. The topological polar surface area (TPSA) is 55.4 Å². The van der Waals surface area contributed by atoms with E-state index >= 15 is 0 Å². The maximum Gasteiger partial charge on any atom is 0.243 e. The Kier molecular flexibility index (Phi) is 5.70. The minimum Gasteiger partial charge on any atom is -0.294 e. The molecular weight excluding hydrogens is 242 g/mol. The predicted molar refractivity (Wildman–Crippen MR) is 74.0 cm³/mol. The summed E-state index contributed by atoms with van der Waals surface area (Å²) in [6.45, 7) is 5.92. The van der Waals surface area contributed by atoms with Crippen LogP contribution in [0.1, 0.15) is 46.3 Å². The minimum atomic E-state index is -0.201. The first-order valence-corrected chi connectivity index (χ1v) is 6.38. The van der Waals surface area contributed by atoms with Crippen LogP contribution in [0.2, 0.25) is 0 Å². The number of rotatable bonds is 6. The molecule has 0 radical (unpaired) electrons. The molecule has 0 unspecified atom stereocenters. The maximum atomic E-state index is 12.2. The van der Waals surface area contributed by atoms with Gasteiger partial charge in [0.15, 0.2) is 5.78 Å². The first kappa shape index (κ1) is 15.4.